The third kappa shape index (κ3) is 6.49. The second-order valence-electron chi connectivity index (χ2n) is 3.27. The molecule has 1 saturated carbocycles. The minimum Gasteiger partial charge on any atom is -0.328 e. The summed E-state index contributed by atoms with van der Waals surface area (Å²) in [5, 5.41) is 3.15. The van der Waals surface area contributed by atoms with E-state index < -0.39 is 0 Å². The molecule has 2 nitrogen and oxygen atoms in total. The Morgan fingerprint density at radius 1 is 1.31 bits per heavy atom. The molecule has 0 aromatic heterocycles. The quantitative estimate of drug-likeness (QED) is 0.778. The first-order valence-electron chi connectivity index (χ1n) is 4.38. The van der Waals surface area contributed by atoms with Crippen LogP contribution < -0.4 is 11.1 Å². The first kappa shape index (κ1) is 15.9. The van der Waals surface area contributed by atoms with Crippen LogP contribution in [0.3, 0.4) is 0 Å². The minimum absolute atomic E-state index is 0. The fourth-order valence-electron chi connectivity index (χ4n) is 1.67. The van der Waals surface area contributed by atoms with E-state index in [9.17, 15) is 4.39 Å². The van der Waals surface area contributed by atoms with Crippen LogP contribution in [0.1, 0.15) is 25.7 Å². The normalized spacial score (nSPS) is 27.2. The summed E-state index contributed by atoms with van der Waals surface area (Å²) in [4.78, 5) is 0. The summed E-state index contributed by atoms with van der Waals surface area (Å²) in [7, 11) is 0. The fraction of sp³-hybridized carbons (Fsp3) is 1.00. The Bertz CT molecular complexity index is 116. The van der Waals surface area contributed by atoms with Crippen LogP contribution in [-0.4, -0.2) is 25.3 Å². The first-order chi connectivity index (χ1) is 5.33. The van der Waals surface area contributed by atoms with Gasteiger partial charge in [0.05, 0.1) is 0 Å². The molecule has 2 atom stereocenters. The summed E-state index contributed by atoms with van der Waals surface area (Å²) in [5.41, 5.74) is 5.76. The summed E-state index contributed by atoms with van der Waals surface area (Å²) in [6.07, 6.45) is 4.49. The van der Waals surface area contributed by atoms with Gasteiger partial charge in [0, 0.05) is 18.6 Å². The average Bonchev–Trinajstić information content (AvgIpc) is 2.01. The van der Waals surface area contributed by atoms with E-state index in [-0.39, 0.29) is 31.5 Å². The van der Waals surface area contributed by atoms with E-state index in [1.165, 1.54) is 6.42 Å². The molecule has 1 aliphatic rings. The van der Waals surface area contributed by atoms with Crippen molar-refractivity contribution in [1.29, 1.82) is 0 Å². The Morgan fingerprint density at radius 3 is 2.54 bits per heavy atom. The number of nitrogens with two attached hydrogens (primary N) is 1. The predicted molar refractivity (Wildman–Crippen MR) is 58.7 cm³/mol. The monoisotopic (exact) mass is 232 g/mol. The molecule has 0 heterocycles. The Labute approximate surface area is 91.6 Å². The maximum absolute atomic E-state index is 11.8. The average molecular weight is 233 g/mol. The maximum atomic E-state index is 11.8. The van der Waals surface area contributed by atoms with Gasteiger partial charge in [-0.25, -0.2) is 4.39 Å². The fourth-order valence-corrected chi connectivity index (χ4v) is 1.67. The third-order valence-electron chi connectivity index (χ3n) is 2.24. The SMILES string of the molecule is Cl.Cl.NC1CCCC(NCCF)C1. The topological polar surface area (TPSA) is 38.0 Å². The lowest BCUT2D eigenvalue weighted by Gasteiger charge is -2.26. The first-order valence-corrected chi connectivity index (χ1v) is 4.38. The zero-order chi connectivity index (χ0) is 8.10. The van der Waals surface area contributed by atoms with Crippen molar-refractivity contribution in [2.75, 3.05) is 13.2 Å². The molecule has 0 amide bonds. The molecule has 1 rings (SSSR count). The van der Waals surface area contributed by atoms with Crippen LogP contribution in [0.15, 0.2) is 0 Å². The molecule has 0 aromatic carbocycles. The molecule has 3 N–H and O–H groups in total. The maximum Gasteiger partial charge on any atom is 0.102 e. The van der Waals surface area contributed by atoms with Crippen molar-refractivity contribution in [2.24, 2.45) is 5.73 Å². The van der Waals surface area contributed by atoms with Crippen molar-refractivity contribution >= 4 is 24.8 Å². The Morgan fingerprint density at radius 2 is 2.00 bits per heavy atom. The number of rotatable bonds is 3. The lowest BCUT2D eigenvalue weighted by atomic mass is 9.92. The molecular weight excluding hydrogens is 214 g/mol. The molecule has 0 radical (unpaired) electrons. The van der Waals surface area contributed by atoms with Gasteiger partial charge in [-0.15, -0.1) is 24.8 Å². The van der Waals surface area contributed by atoms with Crippen LogP contribution in [0.25, 0.3) is 0 Å². The summed E-state index contributed by atoms with van der Waals surface area (Å²) in [5.74, 6) is 0. The Hall–Kier alpha value is 0.430. The molecule has 13 heavy (non-hydrogen) atoms. The summed E-state index contributed by atoms with van der Waals surface area (Å²) >= 11 is 0. The van der Waals surface area contributed by atoms with Crippen molar-refractivity contribution in [3.8, 4) is 0 Å². The second-order valence-corrected chi connectivity index (χ2v) is 3.27. The van der Waals surface area contributed by atoms with Crippen LogP contribution in [-0.2, 0) is 0 Å². The van der Waals surface area contributed by atoms with Crippen molar-refractivity contribution < 1.29 is 4.39 Å². The molecule has 1 aliphatic carbocycles. The van der Waals surface area contributed by atoms with Gasteiger partial charge >= 0.3 is 0 Å². The van der Waals surface area contributed by atoms with Crippen molar-refractivity contribution in [3.63, 3.8) is 0 Å². The van der Waals surface area contributed by atoms with Crippen molar-refractivity contribution in [2.45, 2.75) is 37.8 Å². The molecule has 2 unspecified atom stereocenters. The van der Waals surface area contributed by atoms with E-state index in [4.69, 9.17) is 5.73 Å². The molecule has 0 bridgehead atoms. The lowest BCUT2D eigenvalue weighted by molar-refractivity contribution is 0.327. The van der Waals surface area contributed by atoms with Gasteiger partial charge in [0.15, 0.2) is 0 Å². The highest BCUT2D eigenvalue weighted by Crippen LogP contribution is 2.16. The molecule has 0 aliphatic heterocycles. The van der Waals surface area contributed by atoms with Crippen LogP contribution >= 0.6 is 24.8 Å². The van der Waals surface area contributed by atoms with Gasteiger partial charge < -0.3 is 11.1 Å². The lowest BCUT2D eigenvalue weighted by Crippen LogP contribution is -2.40. The van der Waals surface area contributed by atoms with Gasteiger partial charge in [-0.1, -0.05) is 6.42 Å². The highest BCUT2D eigenvalue weighted by Gasteiger charge is 2.17. The van der Waals surface area contributed by atoms with E-state index >= 15 is 0 Å². The molecule has 82 valence electrons. The van der Waals surface area contributed by atoms with Crippen LogP contribution in [0, 0.1) is 0 Å². The number of halogens is 3. The summed E-state index contributed by atoms with van der Waals surface area (Å²) in [6, 6.07) is 0.801. The van der Waals surface area contributed by atoms with Gasteiger partial charge in [-0.3, -0.25) is 0 Å². The van der Waals surface area contributed by atoms with Gasteiger partial charge in [-0.05, 0) is 19.3 Å². The highest BCUT2D eigenvalue weighted by atomic mass is 35.5. The zero-order valence-electron chi connectivity index (χ0n) is 7.67. The van der Waals surface area contributed by atoms with Gasteiger partial charge in [-0.2, -0.15) is 0 Å². The van der Waals surface area contributed by atoms with Crippen molar-refractivity contribution in [1.82, 2.24) is 5.32 Å². The second kappa shape index (κ2) is 9.00. The highest BCUT2D eigenvalue weighted by molar-refractivity contribution is 5.85. The van der Waals surface area contributed by atoms with Crippen molar-refractivity contribution in [3.05, 3.63) is 0 Å². The van der Waals surface area contributed by atoms with Gasteiger partial charge in [0.25, 0.3) is 0 Å². The van der Waals surface area contributed by atoms with Gasteiger partial charge in [0.2, 0.25) is 0 Å². The molecule has 1 fully saturated rings. The van der Waals surface area contributed by atoms with Gasteiger partial charge in [0.1, 0.15) is 6.67 Å². The van der Waals surface area contributed by atoms with Crippen LogP contribution in [0.2, 0.25) is 0 Å². The summed E-state index contributed by atoms with van der Waals surface area (Å²) < 4.78 is 11.8. The van der Waals surface area contributed by atoms with E-state index in [0.717, 1.165) is 19.3 Å². The standard InChI is InChI=1S/C8H17FN2.2ClH/c9-4-5-11-8-3-1-2-7(10)6-8;;/h7-8,11H,1-6,10H2;2*1H. The molecular formula is C8H19Cl2FN2. The zero-order valence-corrected chi connectivity index (χ0v) is 9.30. The minimum atomic E-state index is -0.272. The van der Waals surface area contributed by atoms with E-state index in [2.05, 4.69) is 5.32 Å². The molecule has 0 spiro atoms. The predicted octanol–water partition coefficient (Wildman–Crippen LogP) is 1.66. The van der Waals surface area contributed by atoms with E-state index in [0.29, 0.717) is 18.6 Å². The number of hydrogen-bond acceptors (Lipinski definition) is 2. The molecule has 0 aromatic rings. The number of hydrogen-bond donors (Lipinski definition) is 2. The van der Waals surface area contributed by atoms with E-state index in [1.807, 2.05) is 0 Å². The Kier molecular flexibility index (Phi) is 11.0. The molecule has 5 heteroatoms. The Balaban J connectivity index is 0. The van der Waals surface area contributed by atoms with Crippen LogP contribution in [0.4, 0.5) is 4.39 Å². The molecule has 0 saturated heterocycles. The summed E-state index contributed by atoms with van der Waals surface area (Å²) in [6.45, 7) is 0.211. The van der Waals surface area contributed by atoms with Crippen LogP contribution in [0.5, 0.6) is 0 Å². The number of alkyl halides is 1. The largest absolute Gasteiger partial charge is 0.328 e. The third-order valence-corrected chi connectivity index (χ3v) is 2.24. The smallest absolute Gasteiger partial charge is 0.102 e. The number of nitrogens with one attached hydrogen (secondary N) is 1. The van der Waals surface area contributed by atoms with E-state index in [1.54, 1.807) is 0 Å².